The van der Waals surface area contributed by atoms with E-state index >= 15 is 0 Å². The van der Waals surface area contributed by atoms with Gasteiger partial charge in [0.05, 0.1) is 0 Å². The highest BCUT2D eigenvalue weighted by Gasteiger charge is 2.20. The van der Waals surface area contributed by atoms with Crippen molar-refractivity contribution in [3.8, 4) is 0 Å². The molecule has 0 aliphatic heterocycles. The summed E-state index contributed by atoms with van der Waals surface area (Å²) in [6.07, 6.45) is 1.08. The van der Waals surface area contributed by atoms with E-state index < -0.39 is 0 Å². The van der Waals surface area contributed by atoms with Crippen LogP contribution in [0.25, 0.3) is 0 Å². The third-order valence-corrected chi connectivity index (χ3v) is 3.82. The summed E-state index contributed by atoms with van der Waals surface area (Å²) in [6.45, 7) is 6.59. The van der Waals surface area contributed by atoms with Crippen LogP contribution in [0.4, 0.5) is 0 Å². The van der Waals surface area contributed by atoms with E-state index in [1.807, 2.05) is 0 Å². The predicted octanol–water partition coefficient (Wildman–Crippen LogP) is 2.26. The Labute approximate surface area is 90.0 Å². The molecule has 0 radical (unpaired) electrons. The van der Waals surface area contributed by atoms with Crippen LogP contribution in [-0.4, -0.2) is 16.1 Å². The zero-order valence-corrected chi connectivity index (χ0v) is 11.6. The molecule has 0 fully saturated rings. The van der Waals surface area contributed by atoms with E-state index in [-0.39, 0.29) is 5.60 Å². The number of hydrogen-bond donors (Lipinski definition) is 0. The summed E-state index contributed by atoms with van der Waals surface area (Å²) in [7, 11) is 0.815. The minimum absolute atomic E-state index is 0.0292. The Morgan fingerprint density at radius 1 is 1.29 bits per heavy atom. The van der Waals surface area contributed by atoms with Gasteiger partial charge >= 0.3 is 0 Å². The Morgan fingerprint density at radius 2 is 1.86 bits per heavy atom. The van der Waals surface area contributed by atoms with Crippen LogP contribution in [0.2, 0.25) is 0 Å². The quantitative estimate of drug-likeness (QED) is 0.690. The molecule has 1 rings (SSSR count). The first kappa shape index (κ1) is 11.5. The molecule has 1 atom stereocenters. The minimum atomic E-state index is 0.0292. The summed E-state index contributed by atoms with van der Waals surface area (Å²) in [6, 6.07) is 10.6. The highest BCUT2D eigenvalue weighted by atomic mass is 28.2. The Morgan fingerprint density at radius 3 is 2.36 bits per heavy atom. The van der Waals surface area contributed by atoms with E-state index in [4.69, 9.17) is 4.43 Å². The maximum atomic E-state index is 5.57. The molecule has 1 unspecified atom stereocenters. The molecule has 0 saturated heterocycles. The molecular formula is C12H20OSi. The predicted molar refractivity (Wildman–Crippen MR) is 64.6 cm³/mol. The van der Waals surface area contributed by atoms with E-state index in [2.05, 4.69) is 51.1 Å². The van der Waals surface area contributed by atoms with Crippen molar-refractivity contribution in [3.05, 3.63) is 35.9 Å². The van der Waals surface area contributed by atoms with E-state index in [1.54, 1.807) is 0 Å². The Hall–Kier alpha value is -0.603. The summed E-state index contributed by atoms with van der Waals surface area (Å²) in [5.74, 6) is 0.570. The van der Waals surface area contributed by atoms with Gasteiger partial charge in [-0.3, -0.25) is 0 Å². The van der Waals surface area contributed by atoms with Gasteiger partial charge in [0.15, 0.2) is 0 Å². The van der Waals surface area contributed by atoms with Gasteiger partial charge in [-0.2, -0.15) is 0 Å². The fourth-order valence-corrected chi connectivity index (χ4v) is 1.89. The molecule has 14 heavy (non-hydrogen) atoms. The lowest BCUT2D eigenvalue weighted by molar-refractivity contribution is 0.105. The first-order chi connectivity index (χ1) is 6.55. The lowest BCUT2D eigenvalue weighted by Crippen LogP contribution is -2.25. The van der Waals surface area contributed by atoms with Crippen molar-refractivity contribution >= 4 is 10.5 Å². The molecule has 1 nitrogen and oxygen atoms in total. The normalized spacial score (nSPS) is 14.2. The third-order valence-electron chi connectivity index (χ3n) is 2.72. The van der Waals surface area contributed by atoms with Crippen LogP contribution < -0.4 is 0 Å². The highest BCUT2D eigenvalue weighted by molar-refractivity contribution is 5.98. The van der Waals surface area contributed by atoms with Gasteiger partial charge in [0.1, 0.15) is 10.5 Å². The smallest absolute Gasteiger partial charge is 0.146 e. The SMILES string of the molecule is CC(CC(C)(C)O[SiH3])c1ccccc1. The van der Waals surface area contributed by atoms with Crippen LogP contribution >= 0.6 is 0 Å². The van der Waals surface area contributed by atoms with Crippen LogP contribution in [0.15, 0.2) is 30.3 Å². The largest absolute Gasteiger partial charge is 0.423 e. The number of hydrogen-bond acceptors (Lipinski definition) is 1. The zero-order chi connectivity index (χ0) is 10.6. The van der Waals surface area contributed by atoms with E-state index in [0.29, 0.717) is 5.92 Å². The number of benzene rings is 1. The summed E-state index contributed by atoms with van der Waals surface area (Å²) < 4.78 is 5.57. The van der Waals surface area contributed by atoms with Gasteiger partial charge in [0.2, 0.25) is 0 Å². The van der Waals surface area contributed by atoms with Crippen molar-refractivity contribution in [2.75, 3.05) is 0 Å². The fraction of sp³-hybridized carbons (Fsp3) is 0.500. The van der Waals surface area contributed by atoms with Crippen LogP contribution in [-0.2, 0) is 4.43 Å². The van der Waals surface area contributed by atoms with Gasteiger partial charge in [0.25, 0.3) is 0 Å². The standard InChI is InChI=1S/C12H20OSi/c1-10(9-12(2,3)13-14)11-7-5-4-6-8-11/h4-8,10H,9H2,1-3,14H3. The van der Waals surface area contributed by atoms with Crippen LogP contribution in [0.3, 0.4) is 0 Å². The first-order valence-electron chi connectivity index (χ1n) is 5.15. The molecule has 1 aromatic carbocycles. The maximum absolute atomic E-state index is 5.57. The Balaban J connectivity index is 2.64. The van der Waals surface area contributed by atoms with Crippen molar-refractivity contribution in [3.63, 3.8) is 0 Å². The van der Waals surface area contributed by atoms with Gasteiger partial charge in [-0.1, -0.05) is 37.3 Å². The van der Waals surface area contributed by atoms with Gasteiger partial charge in [-0.15, -0.1) is 0 Å². The Kier molecular flexibility index (Phi) is 3.90. The van der Waals surface area contributed by atoms with Crippen LogP contribution in [0, 0.1) is 0 Å². The lowest BCUT2D eigenvalue weighted by Gasteiger charge is -2.27. The van der Waals surface area contributed by atoms with Crippen molar-refractivity contribution < 1.29 is 4.43 Å². The second-order valence-electron chi connectivity index (χ2n) is 4.48. The minimum Gasteiger partial charge on any atom is -0.423 e. The van der Waals surface area contributed by atoms with Gasteiger partial charge < -0.3 is 4.43 Å². The first-order valence-corrected chi connectivity index (χ1v) is 5.97. The van der Waals surface area contributed by atoms with Gasteiger partial charge in [-0.05, 0) is 31.7 Å². The molecule has 0 bridgehead atoms. The van der Waals surface area contributed by atoms with E-state index in [9.17, 15) is 0 Å². The van der Waals surface area contributed by atoms with E-state index in [0.717, 1.165) is 16.9 Å². The molecule has 0 aliphatic rings. The number of rotatable bonds is 4. The monoisotopic (exact) mass is 208 g/mol. The molecule has 78 valence electrons. The molecule has 0 saturated carbocycles. The molecule has 0 heterocycles. The zero-order valence-electron chi connectivity index (χ0n) is 9.58. The molecular weight excluding hydrogens is 188 g/mol. The molecule has 1 aromatic rings. The second-order valence-corrected chi connectivity index (χ2v) is 4.89. The maximum Gasteiger partial charge on any atom is 0.146 e. The van der Waals surface area contributed by atoms with Gasteiger partial charge in [0, 0.05) is 5.60 Å². The molecule has 0 N–H and O–H groups in total. The second kappa shape index (κ2) is 4.76. The average Bonchev–Trinajstić information content (AvgIpc) is 2.19. The fourth-order valence-electron chi connectivity index (χ4n) is 1.72. The molecule has 2 heteroatoms. The van der Waals surface area contributed by atoms with Crippen LogP contribution in [0.1, 0.15) is 38.7 Å². The van der Waals surface area contributed by atoms with Crippen molar-refractivity contribution in [1.82, 2.24) is 0 Å². The van der Waals surface area contributed by atoms with Crippen molar-refractivity contribution in [1.29, 1.82) is 0 Å². The average molecular weight is 208 g/mol. The van der Waals surface area contributed by atoms with E-state index in [1.165, 1.54) is 5.56 Å². The summed E-state index contributed by atoms with van der Waals surface area (Å²) >= 11 is 0. The summed E-state index contributed by atoms with van der Waals surface area (Å²) in [5.41, 5.74) is 1.43. The third kappa shape index (κ3) is 3.27. The molecule has 0 spiro atoms. The lowest BCUT2D eigenvalue weighted by atomic mass is 9.89. The molecule has 0 aliphatic carbocycles. The topological polar surface area (TPSA) is 9.23 Å². The highest BCUT2D eigenvalue weighted by Crippen LogP contribution is 2.26. The molecule has 0 amide bonds. The molecule has 0 aromatic heterocycles. The van der Waals surface area contributed by atoms with Crippen LogP contribution in [0.5, 0.6) is 0 Å². The summed E-state index contributed by atoms with van der Waals surface area (Å²) in [4.78, 5) is 0. The van der Waals surface area contributed by atoms with Crippen molar-refractivity contribution in [2.45, 2.75) is 38.7 Å². The van der Waals surface area contributed by atoms with Gasteiger partial charge in [-0.25, -0.2) is 0 Å². The van der Waals surface area contributed by atoms with Crippen molar-refractivity contribution in [2.24, 2.45) is 0 Å². The Bertz CT molecular complexity index is 269. The summed E-state index contributed by atoms with van der Waals surface area (Å²) in [5, 5.41) is 0.